The van der Waals surface area contributed by atoms with Crippen molar-refractivity contribution in [3.8, 4) is 5.75 Å². The van der Waals surface area contributed by atoms with E-state index in [4.69, 9.17) is 4.74 Å². The Morgan fingerprint density at radius 3 is 2.59 bits per heavy atom. The third-order valence-corrected chi connectivity index (χ3v) is 4.48. The molecule has 0 unspecified atom stereocenters. The fraction of sp³-hybridized carbons (Fsp3) is 0.368. The highest BCUT2D eigenvalue weighted by Crippen LogP contribution is 2.35. The minimum Gasteiger partial charge on any atom is -0.496 e. The predicted octanol–water partition coefficient (Wildman–Crippen LogP) is 3.37. The molecular weight excluding hydrogens is 272 g/mol. The molecule has 1 aliphatic rings. The Labute approximate surface area is 132 Å². The summed E-state index contributed by atoms with van der Waals surface area (Å²) < 4.78 is 5.52. The van der Waals surface area contributed by atoms with Gasteiger partial charge in [0.1, 0.15) is 5.75 Å². The van der Waals surface area contributed by atoms with Gasteiger partial charge < -0.3 is 10.1 Å². The summed E-state index contributed by atoms with van der Waals surface area (Å²) in [6, 6.07) is 13.2. The van der Waals surface area contributed by atoms with Gasteiger partial charge in [-0.2, -0.15) is 0 Å². The largest absolute Gasteiger partial charge is 0.496 e. The van der Waals surface area contributed by atoms with Crippen LogP contribution in [0.2, 0.25) is 0 Å². The Bertz CT molecular complexity index is 647. The summed E-state index contributed by atoms with van der Waals surface area (Å²) in [7, 11) is 1.74. The van der Waals surface area contributed by atoms with Crippen LogP contribution in [-0.2, 0) is 0 Å². The highest BCUT2D eigenvalue weighted by Gasteiger charge is 2.23. The molecule has 3 nitrogen and oxygen atoms in total. The Balaban J connectivity index is 2.07. The van der Waals surface area contributed by atoms with Crippen LogP contribution in [0.4, 0.5) is 0 Å². The Kier molecular flexibility index (Phi) is 4.76. The van der Waals surface area contributed by atoms with E-state index in [1.165, 1.54) is 16.3 Å². The quantitative estimate of drug-likeness (QED) is 0.856. The molecule has 116 valence electrons. The summed E-state index contributed by atoms with van der Waals surface area (Å²) in [5, 5.41) is 5.90. The van der Waals surface area contributed by atoms with Crippen molar-refractivity contribution < 1.29 is 4.74 Å². The number of nitrogens with one attached hydrogen (secondary N) is 1. The van der Waals surface area contributed by atoms with Crippen molar-refractivity contribution in [2.45, 2.75) is 12.5 Å². The lowest BCUT2D eigenvalue weighted by Crippen LogP contribution is -2.45. The molecule has 22 heavy (non-hydrogen) atoms. The number of piperazine rings is 1. The highest BCUT2D eigenvalue weighted by molar-refractivity contribution is 5.91. The van der Waals surface area contributed by atoms with Gasteiger partial charge in [-0.05, 0) is 23.4 Å². The SMILES string of the molecule is C=CC[C@@H](c1ccc(OC)c2ccccc12)N1CCNCC1. The number of benzene rings is 2. The number of rotatable bonds is 5. The average Bonchev–Trinajstić information content (AvgIpc) is 2.60. The van der Waals surface area contributed by atoms with E-state index in [-0.39, 0.29) is 0 Å². The van der Waals surface area contributed by atoms with Gasteiger partial charge in [0.25, 0.3) is 0 Å². The van der Waals surface area contributed by atoms with Crippen molar-refractivity contribution in [1.82, 2.24) is 10.2 Å². The van der Waals surface area contributed by atoms with E-state index in [0.717, 1.165) is 38.3 Å². The van der Waals surface area contributed by atoms with Crippen LogP contribution in [-0.4, -0.2) is 38.2 Å². The van der Waals surface area contributed by atoms with Gasteiger partial charge in [-0.1, -0.05) is 36.4 Å². The first kappa shape index (κ1) is 15.1. The van der Waals surface area contributed by atoms with E-state index in [2.05, 4.69) is 53.2 Å². The number of methoxy groups -OCH3 is 1. The number of fused-ring (bicyclic) bond motifs is 1. The van der Waals surface area contributed by atoms with Gasteiger partial charge >= 0.3 is 0 Å². The normalized spacial score (nSPS) is 17.3. The zero-order valence-corrected chi connectivity index (χ0v) is 13.2. The summed E-state index contributed by atoms with van der Waals surface area (Å²) in [4.78, 5) is 2.56. The van der Waals surface area contributed by atoms with E-state index in [1.807, 2.05) is 6.08 Å². The van der Waals surface area contributed by atoms with Crippen LogP contribution in [0.25, 0.3) is 10.8 Å². The minimum absolute atomic E-state index is 0.385. The standard InChI is InChI=1S/C19H24N2O/c1-3-6-18(21-13-11-20-12-14-21)16-9-10-19(22-2)17-8-5-4-7-15(16)17/h3-5,7-10,18,20H,1,6,11-14H2,2H3/t18-/m0/s1. The number of ether oxygens (including phenoxy) is 1. The van der Waals surface area contributed by atoms with Gasteiger partial charge in [-0.15, -0.1) is 6.58 Å². The third kappa shape index (κ3) is 2.87. The molecule has 0 radical (unpaired) electrons. The molecule has 2 aromatic carbocycles. The molecule has 3 rings (SSSR count). The molecule has 1 saturated heterocycles. The maximum Gasteiger partial charge on any atom is 0.126 e. The van der Waals surface area contributed by atoms with Crippen LogP contribution >= 0.6 is 0 Å². The van der Waals surface area contributed by atoms with Gasteiger partial charge in [-0.25, -0.2) is 0 Å². The summed E-state index contributed by atoms with van der Waals surface area (Å²) in [5.74, 6) is 0.942. The lowest BCUT2D eigenvalue weighted by molar-refractivity contribution is 0.175. The molecule has 1 atom stereocenters. The summed E-state index contributed by atoms with van der Waals surface area (Å²) in [5.41, 5.74) is 1.37. The first-order valence-corrected chi connectivity index (χ1v) is 7.96. The van der Waals surface area contributed by atoms with Gasteiger partial charge in [0.15, 0.2) is 0 Å². The minimum atomic E-state index is 0.385. The van der Waals surface area contributed by atoms with E-state index in [9.17, 15) is 0 Å². The predicted molar refractivity (Wildman–Crippen MR) is 92.5 cm³/mol. The zero-order valence-electron chi connectivity index (χ0n) is 13.2. The molecule has 2 aromatic rings. The van der Waals surface area contributed by atoms with E-state index >= 15 is 0 Å². The van der Waals surface area contributed by atoms with Crippen molar-refractivity contribution in [3.63, 3.8) is 0 Å². The number of hydrogen-bond acceptors (Lipinski definition) is 3. The first-order valence-electron chi connectivity index (χ1n) is 7.96. The maximum absolute atomic E-state index is 5.52. The van der Waals surface area contributed by atoms with Gasteiger partial charge in [-0.3, -0.25) is 4.90 Å². The van der Waals surface area contributed by atoms with Crippen molar-refractivity contribution in [1.29, 1.82) is 0 Å². The van der Waals surface area contributed by atoms with Gasteiger partial charge in [0.2, 0.25) is 0 Å². The number of hydrogen-bond donors (Lipinski definition) is 1. The summed E-state index contributed by atoms with van der Waals surface area (Å²) >= 11 is 0. The molecule has 0 spiro atoms. The lowest BCUT2D eigenvalue weighted by atomic mass is 9.94. The Morgan fingerprint density at radius 2 is 1.91 bits per heavy atom. The third-order valence-electron chi connectivity index (χ3n) is 4.48. The molecule has 0 amide bonds. The van der Waals surface area contributed by atoms with E-state index < -0.39 is 0 Å². The van der Waals surface area contributed by atoms with Crippen LogP contribution in [0.15, 0.2) is 49.1 Å². The topological polar surface area (TPSA) is 24.5 Å². The van der Waals surface area contributed by atoms with E-state index in [0.29, 0.717) is 6.04 Å². The van der Waals surface area contributed by atoms with Crippen molar-refractivity contribution >= 4 is 10.8 Å². The molecule has 0 aromatic heterocycles. The fourth-order valence-corrected chi connectivity index (χ4v) is 3.39. The number of nitrogens with zero attached hydrogens (tertiary/aromatic N) is 1. The molecule has 1 heterocycles. The average molecular weight is 296 g/mol. The Morgan fingerprint density at radius 1 is 1.18 bits per heavy atom. The second-order valence-corrected chi connectivity index (χ2v) is 5.73. The smallest absolute Gasteiger partial charge is 0.126 e. The summed E-state index contributed by atoms with van der Waals surface area (Å²) in [6.45, 7) is 8.25. The molecule has 1 aliphatic heterocycles. The second kappa shape index (κ2) is 6.95. The van der Waals surface area contributed by atoms with Gasteiger partial charge in [0.05, 0.1) is 7.11 Å². The molecule has 0 bridgehead atoms. The van der Waals surface area contributed by atoms with Crippen LogP contribution in [0.3, 0.4) is 0 Å². The van der Waals surface area contributed by atoms with Crippen molar-refractivity contribution in [3.05, 3.63) is 54.6 Å². The molecule has 3 heteroatoms. The lowest BCUT2D eigenvalue weighted by Gasteiger charge is -2.35. The second-order valence-electron chi connectivity index (χ2n) is 5.73. The van der Waals surface area contributed by atoms with Crippen LogP contribution in [0, 0.1) is 0 Å². The van der Waals surface area contributed by atoms with E-state index in [1.54, 1.807) is 7.11 Å². The Hall–Kier alpha value is -1.84. The highest BCUT2D eigenvalue weighted by atomic mass is 16.5. The van der Waals surface area contributed by atoms with Gasteiger partial charge in [0, 0.05) is 37.6 Å². The maximum atomic E-state index is 5.52. The first-order chi connectivity index (χ1) is 10.8. The summed E-state index contributed by atoms with van der Waals surface area (Å²) in [6.07, 6.45) is 3.00. The zero-order chi connectivity index (χ0) is 15.4. The molecule has 1 fully saturated rings. The molecular formula is C19H24N2O. The van der Waals surface area contributed by atoms with Crippen LogP contribution in [0.1, 0.15) is 18.0 Å². The molecule has 0 aliphatic carbocycles. The van der Waals surface area contributed by atoms with Crippen LogP contribution in [0.5, 0.6) is 5.75 Å². The molecule has 0 saturated carbocycles. The van der Waals surface area contributed by atoms with Crippen molar-refractivity contribution in [2.75, 3.05) is 33.3 Å². The molecule has 1 N–H and O–H groups in total. The fourth-order valence-electron chi connectivity index (χ4n) is 3.39. The monoisotopic (exact) mass is 296 g/mol. The van der Waals surface area contributed by atoms with Crippen molar-refractivity contribution in [2.24, 2.45) is 0 Å². The van der Waals surface area contributed by atoms with Crippen LogP contribution < -0.4 is 10.1 Å².